The van der Waals surface area contributed by atoms with Crippen molar-refractivity contribution in [3.63, 3.8) is 0 Å². The van der Waals surface area contributed by atoms with E-state index in [0.717, 1.165) is 35.4 Å². The Morgan fingerprint density at radius 1 is 1.19 bits per heavy atom. The number of benzene rings is 2. The maximum absolute atomic E-state index is 11.3. The lowest BCUT2D eigenvalue weighted by Gasteiger charge is -2.05. The van der Waals surface area contributed by atoms with Gasteiger partial charge in [-0.1, -0.05) is 37.3 Å². The summed E-state index contributed by atoms with van der Waals surface area (Å²) in [5.41, 5.74) is 2.11. The van der Waals surface area contributed by atoms with Crippen LogP contribution in [0.4, 0.5) is 11.4 Å². The molecule has 2 aromatic carbocycles. The van der Waals surface area contributed by atoms with Crippen molar-refractivity contribution in [2.45, 2.75) is 19.9 Å². The van der Waals surface area contributed by atoms with Crippen molar-refractivity contribution in [1.82, 2.24) is 4.57 Å². The molecule has 0 aliphatic carbocycles. The maximum atomic E-state index is 11.3. The zero-order valence-electron chi connectivity index (χ0n) is 14.7. The highest BCUT2D eigenvalue weighted by atomic mass is 32.1. The number of hydrogen-bond donors (Lipinski definition) is 0. The van der Waals surface area contributed by atoms with Crippen LogP contribution in [0.25, 0.3) is 22.4 Å². The lowest BCUT2D eigenvalue weighted by molar-refractivity contribution is -0.384. The molecule has 0 saturated carbocycles. The Kier molecular flexibility index (Phi) is 4.60. The molecule has 2 heterocycles. The molecule has 0 bridgehead atoms. The van der Waals surface area contributed by atoms with E-state index in [4.69, 9.17) is 4.42 Å². The zero-order valence-corrected chi connectivity index (χ0v) is 15.5. The molecule has 0 amide bonds. The van der Waals surface area contributed by atoms with Crippen molar-refractivity contribution < 1.29 is 9.34 Å². The third kappa shape index (κ3) is 3.29. The number of hydrogen-bond acceptors (Lipinski definition) is 5. The number of para-hydroxylation sites is 3. The van der Waals surface area contributed by atoms with Crippen molar-refractivity contribution in [3.05, 3.63) is 74.9 Å². The molecule has 0 aliphatic heterocycles. The second-order valence-corrected chi connectivity index (χ2v) is 6.90. The van der Waals surface area contributed by atoms with Gasteiger partial charge in [0.2, 0.25) is 0 Å². The average molecular weight is 379 g/mol. The van der Waals surface area contributed by atoms with Gasteiger partial charge in [0, 0.05) is 23.4 Å². The van der Waals surface area contributed by atoms with Gasteiger partial charge in [0.1, 0.15) is 11.3 Å². The molecule has 0 radical (unpaired) electrons. The third-order valence-electron chi connectivity index (χ3n) is 4.22. The quantitative estimate of drug-likeness (QED) is 0.339. The van der Waals surface area contributed by atoms with Crippen molar-refractivity contribution in [1.29, 1.82) is 0 Å². The molecule has 2 aromatic heterocycles. The number of fused-ring (bicyclic) bond motifs is 1. The smallest absolute Gasteiger partial charge is 0.294 e. The standard InChI is InChI=1S/C20H17N3O3S/c1-2-11-22-17(19-12-14-7-3-6-10-18(14)26-19)13-27-20(22)21-15-8-4-5-9-16(15)23(24)25/h3-10,12-13H,2,11H2,1H3. The van der Waals surface area contributed by atoms with Crippen molar-refractivity contribution in [2.24, 2.45) is 4.99 Å². The number of nitro benzene ring substituents is 1. The number of furan rings is 1. The summed E-state index contributed by atoms with van der Waals surface area (Å²) in [6.45, 7) is 2.83. The highest BCUT2D eigenvalue weighted by Crippen LogP contribution is 2.29. The molecule has 6 nitrogen and oxygen atoms in total. The summed E-state index contributed by atoms with van der Waals surface area (Å²) in [7, 11) is 0. The van der Waals surface area contributed by atoms with Gasteiger partial charge in [-0.3, -0.25) is 10.1 Å². The summed E-state index contributed by atoms with van der Waals surface area (Å²) in [5.74, 6) is 0.768. The largest absolute Gasteiger partial charge is 0.454 e. The second kappa shape index (κ2) is 7.20. The maximum Gasteiger partial charge on any atom is 0.294 e. The number of thiazole rings is 1. The normalized spacial score (nSPS) is 12.0. The fourth-order valence-corrected chi connectivity index (χ4v) is 3.91. The minimum atomic E-state index is -0.406. The summed E-state index contributed by atoms with van der Waals surface area (Å²) in [4.78, 5) is 16.2. The van der Waals surface area contributed by atoms with Gasteiger partial charge >= 0.3 is 0 Å². The van der Waals surface area contributed by atoms with Crippen molar-refractivity contribution in [2.75, 3.05) is 0 Å². The summed E-state index contributed by atoms with van der Waals surface area (Å²) in [6, 6.07) is 16.4. The predicted octanol–water partition coefficient (Wildman–Crippen LogP) is 5.51. The van der Waals surface area contributed by atoms with E-state index in [2.05, 4.69) is 16.5 Å². The van der Waals surface area contributed by atoms with Gasteiger partial charge in [-0.25, -0.2) is 4.99 Å². The van der Waals surface area contributed by atoms with Crippen LogP contribution < -0.4 is 4.80 Å². The Morgan fingerprint density at radius 3 is 2.74 bits per heavy atom. The molecule has 0 atom stereocenters. The van der Waals surface area contributed by atoms with Crippen LogP contribution in [0.15, 0.2) is 69.4 Å². The molecule has 7 heteroatoms. The van der Waals surface area contributed by atoms with E-state index in [0.29, 0.717) is 10.5 Å². The van der Waals surface area contributed by atoms with Crippen LogP contribution >= 0.6 is 11.3 Å². The minimum Gasteiger partial charge on any atom is -0.454 e. The first kappa shape index (κ1) is 17.2. The summed E-state index contributed by atoms with van der Waals surface area (Å²) >= 11 is 1.45. The number of aromatic nitrogens is 1. The average Bonchev–Trinajstić information content (AvgIpc) is 3.26. The van der Waals surface area contributed by atoms with E-state index in [1.54, 1.807) is 18.2 Å². The number of nitro groups is 1. The Balaban J connectivity index is 1.87. The molecule has 4 rings (SSSR count). The topological polar surface area (TPSA) is 73.6 Å². The molecule has 0 saturated heterocycles. The van der Waals surface area contributed by atoms with Gasteiger partial charge in [-0.2, -0.15) is 0 Å². The molecule has 136 valence electrons. The van der Waals surface area contributed by atoms with Crippen LogP contribution in [0.2, 0.25) is 0 Å². The van der Waals surface area contributed by atoms with Crippen LogP contribution in [0, 0.1) is 10.1 Å². The summed E-state index contributed by atoms with van der Waals surface area (Å²) in [6.07, 6.45) is 0.911. The Hall–Kier alpha value is -3.19. The first-order valence-corrected chi connectivity index (χ1v) is 9.50. The molecule has 4 aromatic rings. The molecule has 27 heavy (non-hydrogen) atoms. The fraction of sp³-hybridized carbons (Fsp3) is 0.150. The summed E-state index contributed by atoms with van der Waals surface area (Å²) in [5, 5.41) is 14.3. The van der Waals surface area contributed by atoms with E-state index in [1.165, 1.54) is 17.4 Å². The molecule has 0 N–H and O–H groups in total. The molecule has 0 unspecified atom stereocenters. The van der Waals surface area contributed by atoms with Gasteiger partial charge in [-0.05, 0) is 24.6 Å². The molecule has 0 aliphatic rings. The van der Waals surface area contributed by atoms with Gasteiger partial charge in [0.15, 0.2) is 10.6 Å². The minimum absolute atomic E-state index is 0.000708. The highest BCUT2D eigenvalue weighted by molar-refractivity contribution is 7.07. The van der Waals surface area contributed by atoms with E-state index in [1.807, 2.05) is 35.7 Å². The Morgan fingerprint density at radius 2 is 1.96 bits per heavy atom. The Labute approximate surface area is 159 Å². The molecule has 0 fully saturated rings. The van der Waals surface area contributed by atoms with Crippen LogP contribution in [-0.2, 0) is 6.54 Å². The van der Waals surface area contributed by atoms with Gasteiger partial charge in [0.25, 0.3) is 5.69 Å². The van der Waals surface area contributed by atoms with Crippen molar-refractivity contribution in [3.8, 4) is 11.5 Å². The zero-order chi connectivity index (χ0) is 18.8. The van der Waals surface area contributed by atoms with Crippen LogP contribution in [-0.4, -0.2) is 9.49 Å². The first-order valence-electron chi connectivity index (χ1n) is 8.63. The molecular weight excluding hydrogens is 362 g/mol. The van der Waals surface area contributed by atoms with Crippen LogP contribution in [0.1, 0.15) is 13.3 Å². The lowest BCUT2D eigenvalue weighted by atomic mass is 10.2. The van der Waals surface area contributed by atoms with Crippen LogP contribution in [0.5, 0.6) is 0 Å². The molecular formula is C20H17N3O3S. The Bertz CT molecular complexity index is 1150. The van der Waals surface area contributed by atoms with E-state index < -0.39 is 4.92 Å². The van der Waals surface area contributed by atoms with Crippen molar-refractivity contribution >= 4 is 33.7 Å². The van der Waals surface area contributed by atoms with Gasteiger partial charge < -0.3 is 8.98 Å². The summed E-state index contributed by atoms with van der Waals surface area (Å²) < 4.78 is 8.06. The highest BCUT2D eigenvalue weighted by Gasteiger charge is 2.15. The lowest BCUT2D eigenvalue weighted by Crippen LogP contribution is -2.15. The van der Waals surface area contributed by atoms with E-state index >= 15 is 0 Å². The first-order chi connectivity index (χ1) is 13.2. The predicted molar refractivity (Wildman–Crippen MR) is 106 cm³/mol. The van der Waals surface area contributed by atoms with E-state index in [-0.39, 0.29) is 5.69 Å². The number of rotatable bonds is 5. The van der Waals surface area contributed by atoms with Gasteiger partial charge in [-0.15, -0.1) is 11.3 Å². The SMILES string of the molecule is CCCn1c(-c2cc3ccccc3o2)csc1=Nc1ccccc1[N+](=O)[O-]. The fourth-order valence-electron chi connectivity index (χ4n) is 2.98. The second-order valence-electron chi connectivity index (χ2n) is 6.06. The van der Waals surface area contributed by atoms with E-state index in [9.17, 15) is 10.1 Å². The molecule has 0 spiro atoms. The van der Waals surface area contributed by atoms with Gasteiger partial charge in [0.05, 0.1) is 10.6 Å². The monoisotopic (exact) mass is 379 g/mol. The van der Waals surface area contributed by atoms with Crippen LogP contribution in [0.3, 0.4) is 0 Å². The third-order valence-corrected chi connectivity index (χ3v) is 5.08. The number of nitrogens with zero attached hydrogens (tertiary/aromatic N) is 3.